The van der Waals surface area contributed by atoms with Crippen molar-refractivity contribution in [1.29, 1.82) is 0 Å². The fourth-order valence-electron chi connectivity index (χ4n) is 5.82. The van der Waals surface area contributed by atoms with Crippen LogP contribution in [0.15, 0.2) is 108 Å². The van der Waals surface area contributed by atoms with Crippen molar-refractivity contribution >= 4 is 38.5 Å². The summed E-state index contributed by atoms with van der Waals surface area (Å²) in [5, 5.41) is 9.92. The molecule has 0 saturated carbocycles. The lowest BCUT2D eigenvalue weighted by molar-refractivity contribution is 0.0696. The van der Waals surface area contributed by atoms with Gasteiger partial charge < -0.3 is 5.11 Å². The largest absolute Gasteiger partial charge is 0.478 e. The van der Waals surface area contributed by atoms with Gasteiger partial charge in [-0.2, -0.15) is 0 Å². The van der Waals surface area contributed by atoms with Crippen LogP contribution in [0.2, 0.25) is 5.02 Å². The molecule has 0 atom stereocenters. The van der Waals surface area contributed by atoms with Gasteiger partial charge in [0.25, 0.3) is 16.4 Å². The first-order valence-electron chi connectivity index (χ1n) is 14.1. The van der Waals surface area contributed by atoms with Crippen LogP contribution in [-0.2, 0) is 10.0 Å². The Hall–Kier alpha value is -4.86. The van der Waals surface area contributed by atoms with E-state index in [4.69, 9.17) is 11.6 Å². The summed E-state index contributed by atoms with van der Waals surface area (Å²) in [6, 6.07) is 25.1. The summed E-state index contributed by atoms with van der Waals surface area (Å²) in [6.45, 7) is 3.76. The van der Waals surface area contributed by atoms with Crippen LogP contribution in [0.3, 0.4) is 0 Å². The molecule has 0 amide bonds. The number of benzene rings is 5. The van der Waals surface area contributed by atoms with Crippen LogP contribution in [0, 0.1) is 19.7 Å². The van der Waals surface area contributed by atoms with E-state index in [0.29, 0.717) is 33.2 Å². The molecule has 6 rings (SSSR count). The van der Waals surface area contributed by atoms with Gasteiger partial charge in [0.1, 0.15) is 5.82 Å². The Kier molecular flexibility index (Phi) is 9.08. The molecule has 47 heavy (non-hydrogen) atoms. The van der Waals surface area contributed by atoms with E-state index < -0.39 is 28.2 Å². The van der Waals surface area contributed by atoms with E-state index in [9.17, 15) is 31.5 Å². The fraction of sp³-hybridized carbons (Fsp3) is 0.108. The van der Waals surface area contributed by atoms with Gasteiger partial charge in [-0.25, -0.2) is 30.4 Å². The van der Waals surface area contributed by atoms with E-state index in [1.807, 2.05) is 32.0 Å². The molecule has 240 valence electrons. The van der Waals surface area contributed by atoms with Crippen LogP contribution in [0.4, 0.5) is 13.2 Å². The summed E-state index contributed by atoms with van der Waals surface area (Å²) in [4.78, 5) is 11.3. The fourth-order valence-corrected chi connectivity index (χ4v) is 7.65. The maximum Gasteiger partial charge on any atom is 0.335 e. The van der Waals surface area contributed by atoms with Gasteiger partial charge in [0.05, 0.1) is 21.7 Å². The Morgan fingerprint density at radius 1 is 0.809 bits per heavy atom. The number of carbonyl (C=O) groups is 1. The van der Waals surface area contributed by atoms with Crippen LogP contribution < -0.4 is 0 Å². The van der Waals surface area contributed by atoms with Crippen LogP contribution in [0.25, 0.3) is 44.4 Å². The van der Waals surface area contributed by atoms with E-state index in [1.165, 1.54) is 30.3 Å². The van der Waals surface area contributed by atoms with Gasteiger partial charge in [-0.1, -0.05) is 73.6 Å². The zero-order valence-electron chi connectivity index (χ0n) is 24.4. The standard InChI is InChI=1S/C36H25ClF3NO4S.CH4/c1-20-5-3-6-21(2)32(20)33-29-19-26(38)12-16-31(29)41(46(44,45)27-13-9-22(10-14-27)35(39)40)34(33)24-8-4-7-23(17-24)28-15-11-25(36(42)43)18-30(28)37;/h3-19,35H,1-2H3,(H,42,43);1H4. The monoisotopic (exact) mass is 675 g/mol. The van der Waals surface area contributed by atoms with E-state index in [0.717, 1.165) is 39.4 Å². The molecule has 0 aliphatic carbocycles. The molecule has 1 heterocycles. The molecule has 0 aliphatic heterocycles. The number of fused-ring (bicyclic) bond motifs is 1. The van der Waals surface area contributed by atoms with Gasteiger partial charge in [0.15, 0.2) is 0 Å². The van der Waals surface area contributed by atoms with E-state index in [-0.39, 0.29) is 39.7 Å². The van der Waals surface area contributed by atoms with Gasteiger partial charge >= 0.3 is 5.97 Å². The summed E-state index contributed by atoms with van der Waals surface area (Å²) >= 11 is 6.52. The highest BCUT2D eigenvalue weighted by Crippen LogP contribution is 2.46. The van der Waals surface area contributed by atoms with Crippen LogP contribution >= 0.6 is 11.6 Å². The Labute approximate surface area is 275 Å². The number of hydrogen-bond acceptors (Lipinski definition) is 3. The quantitative estimate of drug-likeness (QED) is 0.183. The highest BCUT2D eigenvalue weighted by atomic mass is 35.5. The molecule has 0 radical (unpaired) electrons. The Balaban J connectivity index is 0.00000433. The number of carboxylic acid groups (broad SMARTS) is 1. The molecular weight excluding hydrogens is 647 g/mol. The number of aryl methyl sites for hydroxylation is 2. The second kappa shape index (κ2) is 12.7. The van der Waals surface area contributed by atoms with Crippen molar-refractivity contribution < 1.29 is 31.5 Å². The summed E-state index contributed by atoms with van der Waals surface area (Å²) in [5.74, 6) is -1.70. The third-order valence-corrected chi connectivity index (χ3v) is 9.99. The Morgan fingerprint density at radius 2 is 1.45 bits per heavy atom. The first-order chi connectivity index (χ1) is 21.9. The minimum atomic E-state index is -4.46. The number of alkyl halides is 2. The van der Waals surface area contributed by atoms with E-state index >= 15 is 0 Å². The maximum absolute atomic E-state index is 14.9. The Bertz CT molecular complexity index is 2260. The first-order valence-corrected chi connectivity index (χ1v) is 15.9. The average molecular weight is 676 g/mol. The summed E-state index contributed by atoms with van der Waals surface area (Å²) < 4.78 is 71.9. The molecule has 0 fully saturated rings. The average Bonchev–Trinajstić information content (AvgIpc) is 3.35. The second-order valence-corrected chi connectivity index (χ2v) is 13.1. The molecule has 0 aliphatic rings. The molecule has 6 aromatic rings. The normalized spacial score (nSPS) is 11.6. The van der Waals surface area contributed by atoms with Crippen molar-refractivity contribution in [2.75, 3.05) is 0 Å². The molecule has 0 saturated heterocycles. The van der Waals surface area contributed by atoms with Gasteiger partial charge in [0, 0.05) is 32.7 Å². The maximum atomic E-state index is 14.9. The Morgan fingerprint density at radius 3 is 2.06 bits per heavy atom. The summed E-state index contributed by atoms with van der Waals surface area (Å²) in [6.07, 6.45) is -2.78. The molecule has 0 bridgehead atoms. The molecule has 10 heteroatoms. The van der Waals surface area contributed by atoms with Crippen LogP contribution in [0.1, 0.15) is 40.9 Å². The number of nitrogens with zero attached hydrogens (tertiary/aromatic N) is 1. The summed E-state index contributed by atoms with van der Waals surface area (Å²) in [7, 11) is -4.46. The highest BCUT2D eigenvalue weighted by Gasteiger charge is 2.30. The van der Waals surface area contributed by atoms with Gasteiger partial charge in [-0.3, -0.25) is 0 Å². The summed E-state index contributed by atoms with van der Waals surface area (Å²) in [5.41, 5.74) is 4.48. The predicted octanol–water partition coefficient (Wildman–Crippen LogP) is 10.6. The predicted molar refractivity (Wildman–Crippen MR) is 180 cm³/mol. The number of rotatable bonds is 7. The van der Waals surface area contributed by atoms with Crippen molar-refractivity contribution in [3.05, 3.63) is 136 Å². The van der Waals surface area contributed by atoms with Crippen molar-refractivity contribution in [3.63, 3.8) is 0 Å². The molecule has 1 N–H and O–H groups in total. The molecular formula is C37H29ClF3NO4S. The molecule has 5 aromatic carbocycles. The second-order valence-electron chi connectivity index (χ2n) is 10.9. The number of carboxylic acids is 1. The smallest absolute Gasteiger partial charge is 0.335 e. The van der Waals surface area contributed by atoms with Crippen molar-refractivity contribution in [2.24, 2.45) is 0 Å². The zero-order chi connectivity index (χ0) is 32.9. The van der Waals surface area contributed by atoms with E-state index in [2.05, 4.69) is 0 Å². The molecule has 0 unspecified atom stereocenters. The van der Waals surface area contributed by atoms with Gasteiger partial charge in [0.2, 0.25) is 0 Å². The zero-order valence-corrected chi connectivity index (χ0v) is 26.0. The molecule has 1 aromatic heterocycles. The van der Waals surface area contributed by atoms with Crippen molar-refractivity contribution in [2.45, 2.75) is 32.6 Å². The first kappa shape index (κ1) is 33.5. The topological polar surface area (TPSA) is 76.4 Å². The van der Waals surface area contributed by atoms with Gasteiger partial charge in [-0.05, 0) is 84.6 Å². The number of aromatic carboxylic acids is 1. The van der Waals surface area contributed by atoms with Gasteiger partial charge in [-0.15, -0.1) is 0 Å². The molecule has 0 spiro atoms. The van der Waals surface area contributed by atoms with Crippen molar-refractivity contribution in [1.82, 2.24) is 3.97 Å². The lowest BCUT2D eigenvalue weighted by Crippen LogP contribution is -2.14. The number of aromatic nitrogens is 1. The van der Waals surface area contributed by atoms with Crippen LogP contribution in [0.5, 0.6) is 0 Å². The van der Waals surface area contributed by atoms with Crippen LogP contribution in [-0.4, -0.2) is 23.5 Å². The SMILES string of the molecule is C.Cc1cccc(C)c1-c1c(-c2cccc(-c3ccc(C(=O)O)cc3Cl)c2)n(S(=O)(=O)c2ccc(C(F)F)cc2)c2ccc(F)cc12. The van der Waals surface area contributed by atoms with E-state index in [1.54, 1.807) is 30.3 Å². The number of halogens is 4. The third kappa shape index (κ3) is 5.92. The minimum absolute atomic E-state index is 0. The molecule has 5 nitrogen and oxygen atoms in total. The minimum Gasteiger partial charge on any atom is -0.478 e. The lowest BCUT2D eigenvalue weighted by atomic mass is 9.91. The van der Waals surface area contributed by atoms with Crippen molar-refractivity contribution in [3.8, 4) is 33.5 Å². The highest BCUT2D eigenvalue weighted by molar-refractivity contribution is 7.90. The third-order valence-electron chi connectivity index (χ3n) is 7.95. The number of hydrogen-bond donors (Lipinski definition) is 1. The lowest BCUT2D eigenvalue weighted by Gasteiger charge is -2.17.